The van der Waals surface area contributed by atoms with Crippen LogP contribution in [0.2, 0.25) is 0 Å². The van der Waals surface area contributed by atoms with E-state index in [1.807, 2.05) is 19.1 Å². The van der Waals surface area contributed by atoms with Crippen LogP contribution >= 0.6 is 0 Å². The van der Waals surface area contributed by atoms with Crippen molar-refractivity contribution >= 4 is 6.03 Å². The zero-order valence-corrected chi connectivity index (χ0v) is 12.4. The maximum absolute atomic E-state index is 11.9. The average Bonchev–Trinajstić information content (AvgIpc) is 2.91. The van der Waals surface area contributed by atoms with Gasteiger partial charge in [0.25, 0.3) is 0 Å². The number of hydrogen-bond donors (Lipinski definition) is 2. The van der Waals surface area contributed by atoms with Gasteiger partial charge in [-0.1, -0.05) is 32.1 Å². The van der Waals surface area contributed by atoms with Crippen LogP contribution in [0.25, 0.3) is 0 Å². The van der Waals surface area contributed by atoms with Crippen LogP contribution in [0.3, 0.4) is 0 Å². The molecule has 2 rings (SSSR count). The molecule has 1 heterocycles. The Hall–Kier alpha value is -1.45. The van der Waals surface area contributed by atoms with E-state index in [4.69, 9.17) is 4.42 Å². The van der Waals surface area contributed by atoms with E-state index in [9.17, 15) is 4.79 Å². The molecule has 2 amide bonds. The summed E-state index contributed by atoms with van der Waals surface area (Å²) in [5, 5.41) is 5.91. The van der Waals surface area contributed by atoms with Crippen LogP contribution in [-0.4, -0.2) is 12.6 Å². The first kappa shape index (κ1) is 14.9. The van der Waals surface area contributed by atoms with Gasteiger partial charge in [-0.2, -0.15) is 0 Å². The van der Waals surface area contributed by atoms with Crippen LogP contribution < -0.4 is 10.6 Å². The van der Waals surface area contributed by atoms with Gasteiger partial charge in [-0.15, -0.1) is 0 Å². The molecule has 1 aromatic rings. The minimum atomic E-state index is -0.101. The summed E-state index contributed by atoms with van der Waals surface area (Å²) in [6, 6.07) is 3.51. The van der Waals surface area contributed by atoms with Gasteiger partial charge in [0.05, 0.1) is 12.3 Å². The lowest BCUT2D eigenvalue weighted by molar-refractivity contribution is 0.232. The van der Waals surface area contributed by atoms with Crippen molar-refractivity contribution in [1.29, 1.82) is 0 Å². The van der Waals surface area contributed by atoms with Gasteiger partial charge >= 0.3 is 6.03 Å². The standard InChI is InChI=1S/C16H26N2O2/c1-13(15-10-7-11-20-15)18-16(19)17-12-14-8-5-3-2-4-6-9-14/h7,10-11,13-14H,2-6,8-9,12H2,1H3,(H2,17,18,19). The highest BCUT2D eigenvalue weighted by atomic mass is 16.3. The summed E-state index contributed by atoms with van der Waals surface area (Å²) >= 11 is 0. The Labute approximate surface area is 121 Å². The van der Waals surface area contributed by atoms with E-state index in [1.165, 1.54) is 44.9 Å². The smallest absolute Gasteiger partial charge is 0.315 e. The van der Waals surface area contributed by atoms with E-state index in [0.717, 1.165) is 12.3 Å². The fourth-order valence-corrected chi connectivity index (χ4v) is 2.84. The molecule has 1 fully saturated rings. The second kappa shape index (κ2) is 7.98. The maximum Gasteiger partial charge on any atom is 0.315 e. The van der Waals surface area contributed by atoms with Crippen molar-refractivity contribution in [2.24, 2.45) is 5.92 Å². The maximum atomic E-state index is 11.9. The molecule has 1 unspecified atom stereocenters. The van der Waals surface area contributed by atoms with Crippen molar-refractivity contribution in [1.82, 2.24) is 10.6 Å². The van der Waals surface area contributed by atoms with Gasteiger partial charge in [0.2, 0.25) is 0 Å². The molecule has 1 aliphatic carbocycles. The molecule has 0 radical (unpaired) electrons. The van der Waals surface area contributed by atoms with Gasteiger partial charge in [0.1, 0.15) is 5.76 Å². The number of nitrogens with one attached hydrogen (secondary N) is 2. The Kier molecular flexibility index (Phi) is 5.96. The van der Waals surface area contributed by atoms with Crippen molar-refractivity contribution < 1.29 is 9.21 Å². The van der Waals surface area contributed by atoms with Crippen molar-refractivity contribution in [3.8, 4) is 0 Å². The number of carbonyl (C=O) groups excluding carboxylic acids is 1. The molecule has 4 nitrogen and oxygen atoms in total. The summed E-state index contributed by atoms with van der Waals surface area (Å²) in [4.78, 5) is 11.9. The summed E-state index contributed by atoms with van der Waals surface area (Å²) < 4.78 is 5.28. The van der Waals surface area contributed by atoms with Crippen LogP contribution in [0.4, 0.5) is 4.79 Å². The highest BCUT2D eigenvalue weighted by molar-refractivity contribution is 5.74. The predicted molar refractivity (Wildman–Crippen MR) is 79.5 cm³/mol. The van der Waals surface area contributed by atoms with Gasteiger partial charge in [-0.25, -0.2) is 4.79 Å². The zero-order valence-electron chi connectivity index (χ0n) is 12.4. The number of urea groups is 1. The molecule has 20 heavy (non-hydrogen) atoms. The monoisotopic (exact) mass is 278 g/mol. The number of furan rings is 1. The molecule has 0 aliphatic heterocycles. The van der Waals surface area contributed by atoms with Crippen molar-refractivity contribution in [2.45, 2.75) is 57.9 Å². The predicted octanol–water partition coefficient (Wildman–Crippen LogP) is 4.00. The van der Waals surface area contributed by atoms with Crippen molar-refractivity contribution in [2.75, 3.05) is 6.54 Å². The van der Waals surface area contributed by atoms with Crippen LogP contribution in [0.15, 0.2) is 22.8 Å². The fraction of sp³-hybridized carbons (Fsp3) is 0.688. The van der Waals surface area contributed by atoms with Crippen LogP contribution in [0.1, 0.15) is 63.7 Å². The Morgan fingerprint density at radius 2 is 2.00 bits per heavy atom. The van der Waals surface area contributed by atoms with Crippen molar-refractivity contribution in [3.05, 3.63) is 24.2 Å². The largest absolute Gasteiger partial charge is 0.467 e. The molecular weight excluding hydrogens is 252 g/mol. The van der Waals surface area contributed by atoms with Crippen LogP contribution in [0.5, 0.6) is 0 Å². The number of rotatable bonds is 4. The molecule has 0 aromatic carbocycles. The van der Waals surface area contributed by atoms with Gasteiger partial charge < -0.3 is 15.1 Å². The Morgan fingerprint density at radius 3 is 2.65 bits per heavy atom. The second-order valence-electron chi connectivity index (χ2n) is 5.80. The first-order chi connectivity index (χ1) is 9.75. The third-order valence-electron chi connectivity index (χ3n) is 4.09. The van der Waals surface area contributed by atoms with Crippen LogP contribution in [0, 0.1) is 5.92 Å². The highest BCUT2D eigenvalue weighted by Crippen LogP contribution is 2.21. The molecule has 2 N–H and O–H groups in total. The van der Waals surface area contributed by atoms with E-state index in [1.54, 1.807) is 6.26 Å². The van der Waals surface area contributed by atoms with Crippen molar-refractivity contribution in [3.63, 3.8) is 0 Å². The second-order valence-corrected chi connectivity index (χ2v) is 5.80. The van der Waals surface area contributed by atoms with Gasteiger partial charge in [0.15, 0.2) is 0 Å². The minimum Gasteiger partial charge on any atom is -0.467 e. The lowest BCUT2D eigenvalue weighted by Crippen LogP contribution is -2.39. The first-order valence-corrected chi connectivity index (χ1v) is 7.83. The molecule has 1 aromatic heterocycles. The Bertz CT molecular complexity index is 381. The van der Waals surface area contributed by atoms with E-state index >= 15 is 0 Å². The summed E-state index contributed by atoms with van der Waals surface area (Å²) in [5.74, 6) is 1.42. The van der Waals surface area contributed by atoms with Gasteiger partial charge in [0, 0.05) is 6.54 Å². The average molecular weight is 278 g/mol. The van der Waals surface area contributed by atoms with E-state index < -0.39 is 0 Å². The first-order valence-electron chi connectivity index (χ1n) is 7.83. The molecule has 112 valence electrons. The van der Waals surface area contributed by atoms with E-state index in [2.05, 4.69) is 10.6 Å². The highest BCUT2D eigenvalue weighted by Gasteiger charge is 2.14. The molecule has 1 aliphatic rings. The van der Waals surface area contributed by atoms with Gasteiger partial charge in [-0.05, 0) is 37.8 Å². The molecule has 0 spiro atoms. The SMILES string of the molecule is CC(NC(=O)NCC1CCCCCCC1)c1ccco1. The van der Waals surface area contributed by atoms with E-state index in [0.29, 0.717) is 5.92 Å². The summed E-state index contributed by atoms with van der Waals surface area (Å²) in [5.41, 5.74) is 0. The number of carbonyl (C=O) groups is 1. The third-order valence-corrected chi connectivity index (χ3v) is 4.09. The number of hydrogen-bond acceptors (Lipinski definition) is 2. The summed E-state index contributed by atoms with van der Waals surface area (Å²) in [7, 11) is 0. The lowest BCUT2D eigenvalue weighted by atomic mass is 9.91. The van der Waals surface area contributed by atoms with E-state index in [-0.39, 0.29) is 12.1 Å². The Morgan fingerprint density at radius 1 is 1.30 bits per heavy atom. The third kappa shape index (κ3) is 4.91. The molecular formula is C16H26N2O2. The Balaban J connectivity index is 1.68. The fourth-order valence-electron chi connectivity index (χ4n) is 2.84. The molecule has 4 heteroatoms. The number of amides is 2. The molecule has 1 saturated carbocycles. The molecule has 1 atom stereocenters. The van der Waals surface area contributed by atoms with Crippen LogP contribution in [-0.2, 0) is 0 Å². The lowest BCUT2D eigenvalue weighted by Gasteiger charge is -2.20. The summed E-state index contributed by atoms with van der Waals surface area (Å²) in [6.07, 6.45) is 10.8. The minimum absolute atomic E-state index is 0.0951. The zero-order chi connectivity index (χ0) is 14.2. The molecule has 0 bridgehead atoms. The topological polar surface area (TPSA) is 54.3 Å². The summed E-state index contributed by atoms with van der Waals surface area (Å²) in [6.45, 7) is 2.71. The normalized spacial score (nSPS) is 18.9. The van der Waals surface area contributed by atoms with Gasteiger partial charge in [-0.3, -0.25) is 0 Å². The quantitative estimate of drug-likeness (QED) is 0.874. The molecule has 0 saturated heterocycles.